The van der Waals surface area contributed by atoms with Gasteiger partial charge in [0.05, 0.1) is 10.5 Å². The Morgan fingerprint density at radius 3 is 2.33 bits per heavy atom. The largest absolute Gasteiger partial charge is 0.464 e. The van der Waals surface area contributed by atoms with E-state index in [1.54, 1.807) is 6.07 Å². The SMILES string of the molecule is O=[N+]([O-])C(F)(Cl)c1ccccc1. The minimum Gasteiger partial charge on any atom is -0.260 e. The molecular formula is C7H5ClFNO2. The molecule has 1 rings (SSSR count). The Labute approximate surface area is 72.9 Å². The average molecular weight is 190 g/mol. The Morgan fingerprint density at radius 1 is 1.42 bits per heavy atom. The predicted molar refractivity (Wildman–Crippen MR) is 42.1 cm³/mol. The highest BCUT2D eigenvalue weighted by molar-refractivity contribution is 6.21. The second kappa shape index (κ2) is 3.06. The zero-order valence-electron chi connectivity index (χ0n) is 5.91. The third-order valence-electron chi connectivity index (χ3n) is 1.35. The highest BCUT2D eigenvalue weighted by atomic mass is 35.5. The molecule has 3 nitrogen and oxygen atoms in total. The molecule has 64 valence electrons. The predicted octanol–water partition coefficient (Wildman–Crippen LogP) is 2.28. The Hall–Kier alpha value is -1.16. The summed E-state index contributed by atoms with van der Waals surface area (Å²) in [6, 6.07) is 7.10. The second-order valence-electron chi connectivity index (χ2n) is 2.16. The highest BCUT2D eigenvalue weighted by Crippen LogP contribution is 2.30. The zero-order chi connectivity index (χ0) is 9.19. The van der Waals surface area contributed by atoms with E-state index in [2.05, 4.69) is 0 Å². The quantitative estimate of drug-likeness (QED) is 0.310. The van der Waals surface area contributed by atoms with Gasteiger partial charge in [-0.05, 0) is 12.1 Å². The van der Waals surface area contributed by atoms with Gasteiger partial charge >= 0.3 is 5.25 Å². The summed E-state index contributed by atoms with van der Waals surface area (Å²) in [5.74, 6) is 0. The first-order valence-electron chi connectivity index (χ1n) is 3.13. The zero-order valence-corrected chi connectivity index (χ0v) is 6.66. The molecule has 0 aliphatic heterocycles. The molecule has 0 saturated heterocycles. The normalized spacial score (nSPS) is 15.2. The maximum absolute atomic E-state index is 13.0. The van der Waals surface area contributed by atoms with Crippen molar-refractivity contribution in [3.63, 3.8) is 0 Å². The summed E-state index contributed by atoms with van der Waals surface area (Å²) in [6.07, 6.45) is 0. The average Bonchev–Trinajstić information content (AvgIpc) is 2.06. The Kier molecular flexibility index (Phi) is 2.28. The molecule has 1 aromatic carbocycles. The second-order valence-corrected chi connectivity index (χ2v) is 2.67. The molecule has 0 spiro atoms. The van der Waals surface area contributed by atoms with E-state index in [1.165, 1.54) is 24.3 Å². The standard InChI is InChI=1S/C7H5ClFNO2/c8-7(9,10(11)12)6-4-2-1-3-5-6/h1-5H. The van der Waals surface area contributed by atoms with Crippen molar-refractivity contribution in [3.8, 4) is 0 Å². The van der Waals surface area contributed by atoms with Gasteiger partial charge in [0.15, 0.2) is 0 Å². The minimum absolute atomic E-state index is 0.170. The first-order chi connectivity index (χ1) is 5.55. The summed E-state index contributed by atoms with van der Waals surface area (Å²) in [7, 11) is 0. The minimum atomic E-state index is -3.01. The van der Waals surface area contributed by atoms with Crippen LogP contribution in [0.25, 0.3) is 0 Å². The van der Waals surface area contributed by atoms with E-state index in [4.69, 9.17) is 11.6 Å². The molecule has 0 N–H and O–H groups in total. The lowest BCUT2D eigenvalue weighted by molar-refractivity contribution is -0.584. The van der Waals surface area contributed by atoms with Crippen molar-refractivity contribution in [2.24, 2.45) is 0 Å². The van der Waals surface area contributed by atoms with E-state index >= 15 is 0 Å². The summed E-state index contributed by atoms with van der Waals surface area (Å²) in [4.78, 5) is 8.94. The summed E-state index contributed by atoms with van der Waals surface area (Å²) >= 11 is 5.03. The van der Waals surface area contributed by atoms with E-state index in [0.29, 0.717) is 0 Å². The monoisotopic (exact) mass is 189 g/mol. The number of hydrogen-bond donors (Lipinski definition) is 0. The van der Waals surface area contributed by atoms with Crippen LogP contribution in [0.4, 0.5) is 4.39 Å². The van der Waals surface area contributed by atoms with Crippen LogP contribution >= 0.6 is 11.6 Å². The van der Waals surface area contributed by atoms with Gasteiger partial charge in [-0.15, -0.1) is 4.39 Å². The van der Waals surface area contributed by atoms with Gasteiger partial charge in [0, 0.05) is 11.6 Å². The molecule has 0 aliphatic rings. The fraction of sp³-hybridized carbons (Fsp3) is 0.143. The van der Waals surface area contributed by atoms with Crippen LogP contribution in [0.3, 0.4) is 0 Å². The van der Waals surface area contributed by atoms with Crippen molar-refractivity contribution in [1.82, 2.24) is 0 Å². The number of rotatable bonds is 2. The summed E-state index contributed by atoms with van der Waals surface area (Å²) in [5, 5.41) is 7.11. The highest BCUT2D eigenvalue weighted by Gasteiger charge is 2.42. The van der Waals surface area contributed by atoms with Crippen LogP contribution in [0.1, 0.15) is 5.56 Å². The van der Waals surface area contributed by atoms with Crippen LogP contribution in [0, 0.1) is 10.1 Å². The van der Waals surface area contributed by atoms with Crippen molar-refractivity contribution in [2.45, 2.75) is 5.25 Å². The lowest BCUT2D eigenvalue weighted by Crippen LogP contribution is -2.22. The van der Waals surface area contributed by atoms with Gasteiger partial charge in [-0.3, -0.25) is 10.1 Å². The maximum atomic E-state index is 13.0. The molecule has 0 saturated carbocycles. The van der Waals surface area contributed by atoms with Crippen LogP contribution in [0.5, 0.6) is 0 Å². The van der Waals surface area contributed by atoms with E-state index in [0.717, 1.165) is 0 Å². The molecule has 0 aliphatic carbocycles. The summed E-state index contributed by atoms with van der Waals surface area (Å²) in [6.45, 7) is 0. The van der Waals surface area contributed by atoms with E-state index < -0.39 is 10.2 Å². The van der Waals surface area contributed by atoms with E-state index in [-0.39, 0.29) is 5.56 Å². The van der Waals surface area contributed by atoms with Crippen molar-refractivity contribution in [1.29, 1.82) is 0 Å². The van der Waals surface area contributed by atoms with Crippen LogP contribution in [0.2, 0.25) is 0 Å². The van der Waals surface area contributed by atoms with Gasteiger partial charge in [0.1, 0.15) is 0 Å². The van der Waals surface area contributed by atoms with Crippen LogP contribution in [0.15, 0.2) is 30.3 Å². The molecule has 0 aromatic heterocycles. The molecule has 0 heterocycles. The Morgan fingerprint density at radius 2 is 1.92 bits per heavy atom. The number of alkyl halides is 2. The van der Waals surface area contributed by atoms with Gasteiger partial charge in [-0.2, -0.15) is 0 Å². The fourth-order valence-corrected chi connectivity index (χ4v) is 0.870. The van der Waals surface area contributed by atoms with Crippen LogP contribution in [-0.2, 0) is 5.25 Å². The smallest absolute Gasteiger partial charge is 0.260 e. The molecule has 0 radical (unpaired) electrons. The Balaban J connectivity index is 3.06. The topological polar surface area (TPSA) is 43.1 Å². The fourth-order valence-electron chi connectivity index (χ4n) is 0.744. The number of halogens is 2. The van der Waals surface area contributed by atoms with Gasteiger partial charge in [0.2, 0.25) is 0 Å². The molecule has 1 unspecified atom stereocenters. The molecule has 0 fully saturated rings. The first-order valence-corrected chi connectivity index (χ1v) is 3.51. The first kappa shape index (κ1) is 8.93. The summed E-state index contributed by atoms with van der Waals surface area (Å²) < 4.78 is 13.0. The number of benzene rings is 1. The van der Waals surface area contributed by atoms with Gasteiger partial charge in [-0.25, -0.2) is 0 Å². The molecule has 5 heteroatoms. The van der Waals surface area contributed by atoms with Crippen molar-refractivity contribution in [2.75, 3.05) is 0 Å². The molecule has 1 atom stereocenters. The van der Waals surface area contributed by atoms with Crippen LogP contribution in [-0.4, -0.2) is 4.92 Å². The number of nitrogens with zero attached hydrogens (tertiary/aromatic N) is 1. The van der Waals surface area contributed by atoms with Crippen molar-refractivity contribution >= 4 is 11.6 Å². The van der Waals surface area contributed by atoms with Crippen LogP contribution < -0.4 is 0 Å². The molecule has 0 bridgehead atoms. The third kappa shape index (κ3) is 1.53. The van der Waals surface area contributed by atoms with E-state index in [1.807, 2.05) is 0 Å². The van der Waals surface area contributed by atoms with E-state index in [9.17, 15) is 14.5 Å². The third-order valence-corrected chi connectivity index (χ3v) is 1.71. The molecule has 1 aromatic rings. The number of hydrogen-bond acceptors (Lipinski definition) is 2. The molecule has 12 heavy (non-hydrogen) atoms. The Bertz CT molecular complexity index is 289. The van der Waals surface area contributed by atoms with Crippen molar-refractivity contribution in [3.05, 3.63) is 46.0 Å². The lowest BCUT2D eigenvalue weighted by Gasteiger charge is -2.07. The van der Waals surface area contributed by atoms with Crippen molar-refractivity contribution < 1.29 is 9.31 Å². The number of nitro groups is 1. The van der Waals surface area contributed by atoms with Gasteiger partial charge in [0.25, 0.3) is 0 Å². The maximum Gasteiger partial charge on any atom is 0.464 e. The van der Waals surface area contributed by atoms with Gasteiger partial charge in [-0.1, -0.05) is 18.2 Å². The lowest BCUT2D eigenvalue weighted by atomic mass is 10.2. The molecule has 0 amide bonds. The summed E-state index contributed by atoms with van der Waals surface area (Å²) in [5.41, 5.74) is -0.170. The van der Waals surface area contributed by atoms with Gasteiger partial charge < -0.3 is 0 Å². The molecular weight excluding hydrogens is 185 g/mol.